The topological polar surface area (TPSA) is 82.7 Å². The van der Waals surface area contributed by atoms with Crippen LogP contribution in [-0.2, 0) is 11.2 Å². The lowest BCUT2D eigenvalue weighted by Gasteiger charge is -2.06. The molecule has 6 nitrogen and oxygen atoms in total. The van der Waals surface area contributed by atoms with Gasteiger partial charge in [0.15, 0.2) is 5.82 Å². The average Bonchev–Trinajstić information content (AvgIpc) is 3.00. The van der Waals surface area contributed by atoms with Crippen LogP contribution in [0.2, 0.25) is 0 Å². The number of fused-ring (bicyclic) bond motifs is 1. The van der Waals surface area contributed by atoms with Gasteiger partial charge in [-0.2, -0.15) is 0 Å². The van der Waals surface area contributed by atoms with Crippen LogP contribution >= 0.6 is 0 Å². The van der Waals surface area contributed by atoms with Crippen LogP contribution in [0.1, 0.15) is 25.3 Å². The highest BCUT2D eigenvalue weighted by molar-refractivity contribution is 5.95. The van der Waals surface area contributed by atoms with Gasteiger partial charge < -0.3 is 15.6 Å². The van der Waals surface area contributed by atoms with Crippen molar-refractivity contribution in [3.8, 4) is 0 Å². The van der Waals surface area contributed by atoms with Crippen LogP contribution in [0.3, 0.4) is 0 Å². The van der Waals surface area contributed by atoms with Crippen molar-refractivity contribution in [1.29, 1.82) is 0 Å². The van der Waals surface area contributed by atoms with Crippen molar-refractivity contribution < 1.29 is 4.79 Å². The van der Waals surface area contributed by atoms with Crippen molar-refractivity contribution in [2.75, 3.05) is 17.2 Å². The third-order valence-corrected chi connectivity index (χ3v) is 3.79. The third kappa shape index (κ3) is 3.90. The van der Waals surface area contributed by atoms with Crippen LogP contribution in [0.4, 0.5) is 11.6 Å². The molecule has 0 aliphatic rings. The quantitative estimate of drug-likeness (QED) is 0.582. The van der Waals surface area contributed by atoms with Crippen LogP contribution in [-0.4, -0.2) is 27.6 Å². The summed E-state index contributed by atoms with van der Waals surface area (Å²) in [4.78, 5) is 15.4. The van der Waals surface area contributed by atoms with E-state index in [2.05, 4.69) is 32.7 Å². The number of carbonyl (C=O) groups is 1. The van der Waals surface area contributed by atoms with Gasteiger partial charge in [-0.25, -0.2) is 0 Å². The Hall–Kier alpha value is -2.89. The fourth-order valence-corrected chi connectivity index (χ4v) is 2.52. The van der Waals surface area contributed by atoms with Crippen LogP contribution in [0, 0.1) is 0 Å². The van der Waals surface area contributed by atoms with Gasteiger partial charge in [0.1, 0.15) is 5.82 Å². The number of benzene rings is 1. The molecule has 0 aliphatic carbocycles. The number of para-hydroxylation sites is 1. The molecule has 1 amide bonds. The van der Waals surface area contributed by atoms with E-state index in [1.807, 2.05) is 36.5 Å². The first-order valence-electron chi connectivity index (χ1n) is 8.18. The summed E-state index contributed by atoms with van der Waals surface area (Å²) in [5.41, 5.74) is 2.00. The minimum Gasteiger partial charge on any atom is -0.369 e. The van der Waals surface area contributed by atoms with Gasteiger partial charge >= 0.3 is 0 Å². The first-order valence-corrected chi connectivity index (χ1v) is 8.18. The van der Waals surface area contributed by atoms with E-state index in [1.54, 1.807) is 6.07 Å². The van der Waals surface area contributed by atoms with Crippen LogP contribution in [0.5, 0.6) is 0 Å². The number of nitrogens with one attached hydrogen (secondary N) is 3. The monoisotopic (exact) mass is 323 g/mol. The number of hydrogen-bond donors (Lipinski definition) is 3. The molecule has 0 fully saturated rings. The summed E-state index contributed by atoms with van der Waals surface area (Å²) in [5.74, 6) is 1.07. The predicted octanol–water partition coefficient (Wildman–Crippen LogP) is 3.35. The van der Waals surface area contributed by atoms with Gasteiger partial charge in [0.05, 0.1) is 6.42 Å². The SMILES string of the molecule is CCCCNc1ccc(NC(=O)Cc2c[nH]c3ccccc23)nn1. The van der Waals surface area contributed by atoms with E-state index >= 15 is 0 Å². The number of carbonyl (C=O) groups excluding carboxylic acids is 1. The molecule has 0 bridgehead atoms. The van der Waals surface area contributed by atoms with Gasteiger partial charge in [-0.1, -0.05) is 31.5 Å². The molecule has 3 rings (SSSR count). The van der Waals surface area contributed by atoms with E-state index in [0.717, 1.165) is 41.7 Å². The Balaban J connectivity index is 1.58. The molecule has 0 radical (unpaired) electrons. The predicted molar refractivity (Wildman–Crippen MR) is 96.1 cm³/mol. The maximum atomic E-state index is 12.2. The molecular weight excluding hydrogens is 302 g/mol. The zero-order valence-electron chi connectivity index (χ0n) is 13.7. The molecule has 0 saturated heterocycles. The minimum atomic E-state index is -0.110. The van der Waals surface area contributed by atoms with Gasteiger partial charge in [-0.05, 0) is 30.2 Å². The van der Waals surface area contributed by atoms with Crippen LogP contribution in [0.15, 0.2) is 42.6 Å². The maximum Gasteiger partial charge on any atom is 0.230 e. The molecule has 1 aromatic carbocycles. The van der Waals surface area contributed by atoms with E-state index in [0.29, 0.717) is 12.2 Å². The summed E-state index contributed by atoms with van der Waals surface area (Å²) in [5, 5.41) is 15.1. The molecule has 3 N–H and O–H groups in total. The summed E-state index contributed by atoms with van der Waals surface area (Å²) < 4.78 is 0. The molecule has 3 aromatic rings. The zero-order chi connectivity index (χ0) is 16.8. The van der Waals surface area contributed by atoms with Gasteiger partial charge in [0.25, 0.3) is 0 Å². The number of unbranched alkanes of at least 4 members (excludes halogenated alkanes) is 1. The van der Waals surface area contributed by atoms with Crippen molar-refractivity contribution in [2.45, 2.75) is 26.2 Å². The molecule has 0 atom stereocenters. The molecule has 124 valence electrons. The normalized spacial score (nSPS) is 10.7. The Kier molecular flexibility index (Phi) is 5.05. The number of H-pyrrole nitrogens is 1. The van der Waals surface area contributed by atoms with Crippen molar-refractivity contribution in [2.24, 2.45) is 0 Å². The van der Waals surface area contributed by atoms with Gasteiger partial charge in [0, 0.05) is 23.6 Å². The number of amides is 1. The third-order valence-electron chi connectivity index (χ3n) is 3.79. The largest absolute Gasteiger partial charge is 0.369 e. The lowest BCUT2D eigenvalue weighted by molar-refractivity contribution is -0.115. The van der Waals surface area contributed by atoms with Crippen LogP contribution < -0.4 is 10.6 Å². The van der Waals surface area contributed by atoms with Crippen LogP contribution in [0.25, 0.3) is 10.9 Å². The summed E-state index contributed by atoms with van der Waals surface area (Å²) >= 11 is 0. The first-order chi connectivity index (χ1) is 11.8. The second kappa shape index (κ2) is 7.59. The number of aromatic amines is 1. The Morgan fingerprint density at radius 2 is 1.92 bits per heavy atom. The van der Waals surface area contributed by atoms with Crippen molar-refractivity contribution in [1.82, 2.24) is 15.2 Å². The fourth-order valence-electron chi connectivity index (χ4n) is 2.52. The Labute approximate surface area is 140 Å². The minimum absolute atomic E-state index is 0.110. The van der Waals surface area contributed by atoms with E-state index in [4.69, 9.17) is 0 Å². The molecule has 0 saturated carbocycles. The highest BCUT2D eigenvalue weighted by Crippen LogP contribution is 2.18. The molecule has 6 heteroatoms. The Morgan fingerprint density at radius 3 is 2.71 bits per heavy atom. The van der Waals surface area contributed by atoms with Gasteiger partial charge in [0.2, 0.25) is 5.91 Å². The van der Waals surface area contributed by atoms with E-state index in [1.165, 1.54) is 0 Å². The highest BCUT2D eigenvalue weighted by atomic mass is 16.1. The molecule has 0 spiro atoms. The molecule has 24 heavy (non-hydrogen) atoms. The molecule has 0 unspecified atom stereocenters. The zero-order valence-corrected chi connectivity index (χ0v) is 13.7. The summed E-state index contributed by atoms with van der Waals surface area (Å²) in [6.45, 7) is 3.01. The lowest BCUT2D eigenvalue weighted by atomic mass is 10.1. The maximum absolute atomic E-state index is 12.2. The Morgan fingerprint density at radius 1 is 1.12 bits per heavy atom. The van der Waals surface area contributed by atoms with Crippen molar-refractivity contribution in [3.63, 3.8) is 0 Å². The summed E-state index contributed by atoms with van der Waals surface area (Å²) in [6.07, 6.45) is 4.38. The Bertz CT molecular complexity index is 810. The van der Waals surface area contributed by atoms with Gasteiger partial charge in [-0.15, -0.1) is 10.2 Å². The summed E-state index contributed by atoms with van der Waals surface area (Å²) in [6, 6.07) is 11.5. The molecule has 2 aromatic heterocycles. The molecular formula is C18H21N5O. The fraction of sp³-hybridized carbons (Fsp3) is 0.278. The summed E-state index contributed by atoms with van der Waals surface area (Å²) in [7, 11) is 0. The van der Waals surface area contributed by atoms with E-state index < -0.39 is 0 Å². The first kappa shape index (κ1) is 16.0. The van der Waals surface area contributed by atoms with Gasteiger partial charge in [-0.3, -0.25) is 4.79 Å². The highest BCUT2D eigenvalue weighted by Gasteiger charge is 2.09. The molecule has 0 aliphatic heterocycles. The van der Waals surface area contributed by atoms with E-state index in [-0.39, 0.29) is 5.91 Å². The number of aromatic nitrogens is 3. The number of rotatable bonds is 7. The molecule has 2 heterocycles. The van der Waals surface area contributed by atoms with E-state index in [9.17, 15) is 4.79 Å². The lowest BCUT2D eigenvalue weighted by Crippen LogP contribution is -2.15. The number of anilines is 2. The second-order valence-electron chi connectivity index (χ2n) is 5.67. The number of nitrogens with zero attached hydrogens (tertiary/aromatic N) is 2. The second-order valence-corrected chi connectivity index (χ2v) is 5.67. The van der Waals surface area contributed by atoms with Crippen molar-refractivity contribution >= 4 is 28.4 Å². The standard InChI is InChI=1S/C18H21N5O/c1-2-3-10-19-16-8-9-17(23-22-16)21-18(24)11-13-12-20-15-7-5-4-6-14(13)15/h4-9,12,20H,2-3,10-11H2,1H3,(H,19,22)(H,21,23,24). The average molecular weight is 323 g/mol. The smallest absolute Gasteiger partial charge is 0.230 e. The van der Waals surface area contributed by atoms with Crippen molar-refractivity contribution in [3.05, 3.63) is 48.2 Å². The number of hydrogen-bond acceptors (Lipinski definition) is 4.